The summed E-state index contributed by atoms with van der Waals surface area (Å²) in [5, 5.41) is 15.3. The van der Waals surface area contributed by atoms with Gasteiger partial charge in [-0.25, -0.2) is 4.79 Å². The largest absolute Gasteiger partial charge is 0.478 e. The van der Waals surface area contributed by atoms with Crippen LogP contribution in [0, 0.1) is 0 Å². The molecule has 0 aliphatic rings. The van der Waals surface area contributed by atoms with E-state index in [0.29, 0.717) is 12.1 Å². The minimum absolute atomic E-state index is 0.156. The zero-order chi connectivity index (χ0) is 13.0. The number of hydrogen-bond acceptors (Lipinski definition) is 3. The van der Waals surface area contributed by atoms with Crippen molar-refractivity contribution in [1.82, 2.24) is 0 Å². The normalized spacial score (nSPS) is 10.0. The van der Waals surface area contributed by atoms with Crippen LogP contribution in [-0.2, 0) is 11.2 Å². The van der Waals surface area contributed by atoms with Crippen molar-refractivity contribution in [1.29, 1.82) is 0 Å². The molecular weight excluding hydrogens is 250 g/mol. The number of carbonyl (C=O) groups is 2. The number of thiophene rings is 1. The van der Waals surface area contributed by atoms with Gasteiger partial charge in [0.15, 0.2) is 0 Å². The Balaban J connectivity index is 2.03. The number of anilines is 1. The SMILES string of the molecule is O=C(Cc1ccsc1)Nc1cccc(C(=O)O)c1. The van der Waals surface area contributed by atoms with Crippen LogP contribution in [0.3, 0.4) is 0 Å². The van der Waals surface area contributed by atoms with Gasteiger partial charge in [0.05, 0.1) is 12.0 Å². The summed E-state index contributed by atoms with van der Waals surface area (Å²) < 4.78 is 0. The molecule has 5 heteroatoms. The standard InChI is InChI=1S/C13H11NO3S/c15-12(6-9-4-5-18-8-9)14-11-3-1-2-10(7-11)13(16)17/h1-5,7-8H,6H2,(H,14,15)(H,16,17). The fraction of sp³-hybridized carbons (Fsp3) is 0.0769. The Morgan fingerprint density at radius 3 is 2.78 bits per heavy atom. The Labute approximate surface area is 108 Å². The number of amides is 1. The minimum Gasteiger partial charge on any atom is -0.478 e. The lowest BCUT2D eigenvalue weighted by atomic mass is 10.2. The molecule has 1 aromatic carbocycles. The predicted octanol–water partition coefficient (Wildman–Crippen LogP) is 2.63. The molecule has 0 spiro atoms. The molecule has 2 rings (SSSR count). The lowest BCUT2D eigenvalue weighted by molar-refractivity contribution is -0.115. The molecule has 1 heterocycles. The van der Waals surface area contributed by atoms with Crippen molar-refractivity contribution in [2.75, 3.05) is 5.32 Å². The van der Waals surface area contributed by atoms with Crippen molar-refractivity contribution in [2.24, 2.45) is 0 Å². The van der Waals surface area contributed by atoms with Gasteiger partial charge in [-0.05, 0) is 40.6 Å². The number of carboxylic acid groups (broad SMARTS) is 1. The molecule has 0 bridgehead atoms. The van der Waals surface area contributed by atoms with Gasteiger partial charge in [0.1, 0.15) is 0 Å². The molecule has 0 unspecified atom stereocenters. The topological polar surface area (TPSA) is 66.4 Å². The van der Waals surface area contributed by atoms with Gasteiger partial charge in [-0.2, -0.15) is 11.3 Å². The van der Waals surface area contributed by atoms with E-state index in [1.54, 1.807) is 12.1 Å². The van der Waals surface area contributed by atoms with E-state index in [-0.39, 0.29) is 11.5 Å². The maximum atomic E-state index is 11.7. The highest BCUT2D eigenvalue weighted by Gasteiger charge is 2.07. The first-order valence-corrected chi connectivity index (χ1v) is 6.24. The van der Waals surface area contributed by atoms with Crippen LogP contribution in [0.1, 0.15) is 15.9 Å². The average Bonchev–Trinajstić information content (AvgIpc) is 2.82. The van der Waals surface area contributed by atoms with Crippen LogP contribution in [0.2, 0.25) is 0 Å². The zero-order valence-corrected chi connectivity index (χ0v) is 10.2. The Hall–Kier alpha value is -2.14. The highest BCUT2D eigenvalue weighted by Crippen LogP contribution is 2.12. The molecule has 92 valence electrons. The Bertz CT molecular complexity index is 563. The van der Waals surface area contributed by atoms with Gasteiger partial charge in [-0.3, -0.25) is 4.79 Å². The fourth-order valence-corrected chi connectivity index (χ4v) is 2.18. The summed E-state index contributed by atoms with van der Waals surface area (Å²) >= 11 is 1.54. The molecule has 0 aliphatic heterocycles. The van der Waals surface area contributed by atoms with Crippen LogP contribution >= 0.6 is 11.3 Å². The highest BCUT2D eigenvalue weighted by molar-refractivity contribution is 7.08. The number of carboxylic acids is 1. The summed E-state index contributed by atoms with van der Waals surface area (Å²) in [7, 11) is 0. The summed E-state index contributed by atoms with van der Waals surface area (Å²) in [4.78, 5) is 22.5. The van der Waals surface area contributed by atoms with Crippen molar-refractivity contribution in [3.05, 3.63) is 52.2 Å². The summed E-state index contributed by atoms with van der Waals surface area (Å²) in [5.74, 6) is -1.17. The second kappa shape index (κ2) is 5.46. The number of rotatable bonds is 4. The van der Waals surface area contributed by atoms with Crippen LogP contribution in [0.15, 0.2) is 41.1 Å². The lowest BCUT2D eigenvalue weighted by Gasteiger charge is -2.05. The molecule has 1 aromatic heterocycles. The third-order valence-electron chi connectivity index (χ3n) is 2.34. The van der Waals surface area contributed by atoms with E-state index in [0.717, 1.165) is 5.56 Å². The Morgan fingerprint density at radius 1 is 1.28 bits per heavy atom. The van der Waals surface area contributed by atoms with Crippen LogP contribution in [-0.4, -0.2) is 17.0 Å². The van der Waals surface area contributed by atoms with Gasteiger partial charge in [-0.1, -0.05) is 6.07 Å². The van der Waals surface area contributed by atoms with Gasteiger partial charge in [0, 0.05) is 5.69 Å². The molecule has 0 atom stereocenters. The van der Waals surface area contributed by atoms with Crippen LogP contribution in [0.25, 0.3) is 0 Å². The van der Waals surface area contributed by atoms with Crippen molar-refractivity contribution >= 4 is 28.9 Å². The fourth-order valence-electron chi connectivity index (χ4n) is 1.51. The monoisotopic (exact) mass is 261 g/mol. The highest BCUT2D eigenvalue weighted by atomic mass is 32.1. The van der Waals surface area contributed by atoms with Crippen LogP contribution in [0.4, 0.5) is 5.69 Å². The quantitative estimate of drug-likeness (QED) is 0.889. The van der Waals surface area contributed by atoms with Gasteiger partial charge in [0.2, 0.25) is 5.91 Å². The summed E-state index contributed by atoms with van der Waals surface area (Å²) in [6.07, 6.45) is 0.292. The van der Waals surface area contributed by atoms with Gasteiger partial charge >= 0.3 is 5.97 Å². The van der Waals surface area contributed by atoms with Crippen LogP contribution < -0.4 is 5.32 Å². The van der Waals surface area contributed by atoms with Crippen molar-refractivity contribution < 1.29 is 14.7 Å². The molecule has 4 nitrogen and oxygen atoms in total. The maximum Gasteiger partial charge on any atom is 0.335 e. The Kier molecular flexibility index (Phi) is 3.74. The van der Waals surface area contributed by atoms with Gasteiger partial charge in [0.25, 0.3) is 0 Å². The third-order valence-corrected chi connectivity index (χ3v) is 3.07. The third kappa shape index (κ3) is 3.18. The average molecular weight is 261 g/mol. The molecule has 0 radical (unpaired) electrons. The molecule has 18 heavy (non-hydrogen) atoms. The zero-order valence-electron chi connectivity index (χ0n) is 9.42. The molecular formula is C13H11NO3S. The first-order valence-electron chi connectivity index (χ1n) is 5.29. The molecule has 1 amide bonds. The van der Waals surface area contributed by atoms with E-state index in [9.17, 15) is 9.59 Å². The summed E-state index contributed by atoms with van der Waals surface area (Å²) in [6.45, 7) is 0. The van der Waals surface area contributed by atoms with Gasteiger partial charge < -0.3 is 10.4 Å². The second-order valence-electron chi connectivity index (χ2n) is 3.74. The van der Waals surface area contributed by atoms with E-state index in [2.05, 4.69) is 5.32 Å². The number of benzene rings is 1. The van der Waals surface area contributed by atoms with Crippen molar-refractivity contribution in [2.45, 2.75) is 6.42 Å². The predicted molar refractivity (Wildman–Crippen MR) is 70.1 cm³/mol. The number of hydrogen-bond donors (Lipinski definition) is 2. The smallest absolute Gasteiger partial charge is 0.335 e. The van der Waals surface area contributed by atoms with Crippen molar-refractivity contribution in [3.63, 3.8) is 0 Å². The molecule has 0 aliphatic carbocycles. The number of carbonyl (C=O) groups excluding carboxylic acids is 1. The summed E-state index contributed by atoms with van der Waals surface area (Å²) in [6, 6.07) is 8.07. The minimum atomic E-state index is -1.01. The second-order valence-corrected chi connectivity index (χ2v) is 4.52. The molecule has 0 saturated carbocycles. The lowest BCUT2D eigenvalue weighted by Crippen LogP contribution is -2.14. The Morgan fingerprint density at radius 2 is 2.11 bits per heavy atom. The number of nitrogens with one attached hydrogen (secondary N) is 1. The summed E-state index contributed by atoms with van der Waals surface area (Å²) in [5.41, 5.74) is 1.60. The maximum absolute atomic E-state index is 11.7. The first-order chi connectivity index (χ1) is 8.65. The van der Waals surface area contributed by atoms with E-state index in [1.807, 2.05) is 16.8 Å². The first kappa shape index (κ1) is 12.3. The molecule has 2 N–H and O–H groups in total. The van der Waals surface area contributed by atoms with E-state index < -0.39 is 5.97 Å². The van der Waals surface area contributed by atoms with Crippen molar-refractivity contribution in [3.8, 4) is 0 Å². The van der Waals surface area contributed by atoms with E-state index in [4.69, 9.17) is 5.11 Å². The van der Waals surface area contributed by atoms with Gasteiger partial charge in [-0.15, -0.1) is 0 Å². The number of aromatic carboxylic acids is 1. The van der Waals surface area contributed by atoms with Crippen LogP contribution in [0.5, 0.6) is 0 Å². The molecule has 0 fully saturated rings. The van der Waals surface area contributed by atoms with E-state index in [1.165, 1.54) is 23.5 Å². The van der Waals surface area contributed by atoms with E-state index >= 15 is 0 Å². The molecule has 2 aromatic rings. The molecule has 0 saturated heterocycles.